The van der Waals surface area contributed by atoms with Crippen molar-refractivity contribution < 1.29 is 0 Å². The third kappa shape index (κ3) is 3.34. The van der Waals surface area contributed by atoms with Gasteiger partial charge in [-0.1, -0.05) is 13.8 Å². The highest BCUT2D eigenvalue weighted by Gasteiger charge is 1.87. The minimum atomic E-state index is -0.255. The molecular formula is C6H12N4O. The largest absolute Gasteiger partial charge is 0.358 e. The van der Waals surface area contributed by atoms with Crippen molar-refractivity contribution in [3.8, 4) is 0 Å². The number of hydrogen-bond donors (Lipinski definition) is 2. The van der Waals surface area contributed by atoms with Crippen molar-refractivity contribution in [3.05, 3.63) is 16.6 Å². The van der Waals surface area contributed by atoms with Crippen molar-refractivity contribution in [2.24, 2.45) is 0 Å². The summed E-state index contributed by atoms with van der Waals surface area (Å²) in [4.78, 5) is 12.9. The van der Waals surface area contributed by atoms with Crippen LogP contribution < -0.4 is 10.9 Å². The van der Waals surface area contributed by atoms with E-state index < -0.39 is 0 Å². The van der Waals surface area contributed by atoms with Crippen molar-refractivity contribution in [3.63, 3.8) is 0 Å². The molecule has 0 saturated carbocycles. The number of aromatic nitrogens is 3. The molecule has 5 nitrogen and oxygen atoms in total. The molecule has 1 rings (SSSR count). The predicted octanol–water partition coefficient (Wildman–Crippen LogP) is 0.233. The summed E-state index contributed by atoms with van der Waals surface area (Å²) >= 11 is 0. The molecule has 62 valence electrons. The van der Waals surface area contributed by atoms with Crippen LogP contribution in [0.25, 0.3) is 0 Å². The van der Waals surface area contributed by atoms with Crippen molar-refractivity contribution in [1.82, 2.24) is 15.2 Å². The number of hydrogen-bond acceptors (Lipinski definition) is 4. The van der Waals surface area contributed by atoms with E-state index in [1.54, 1.807) is 7.05 Å². The first-order valence-electron chi connectivity index (χ1n) is 3.42. The molecule has 0 spiro atoms. The molecule has 0 bridgehead atoms. The maximum Gasteiger partial charge on any atom is 0.271 e. The van der Waals surface area contributed by atoms with E-state index in [-0.39, 0.29) is 5.56 Å². The van der Waals surface area contributed by atoms with Gasteiger partial charge in [-0.25, -0.2) is 0 Å². The monoisotopic (exact) mass is 156 g/mol. The zero-order valence-electron chi connectivity index (χ0n) is 6.88. The Hall–Kier alpha value is -1.39. The van der Waals surface area contributed by atoms with Crippen LogP contribution in [-0.4, -0.2) is 22.2 Å². The van der Waals surface area contributed by atoms with Gasteiger partial charge in [0.15, 0.2) is 0 Å². The fourth-order valence-corrected chi connectivity index (χ4v) is 0.426. The second kappa shape index (κ2) is 5.40. The van der Waals surface area contributed by atoms with Gasteiger partial charge >= 0.3 is 0 Å². The SMILES string of the molecule is CC.CNc1nncc(=O)[nH]1. The highest BCUT2D eigenvalue weighted by atomic mass is 16.1. The molecule has 2 N–H and O–H groups in total. The molecule has 0 amide bonds. The first-order chi connectivity index (χ1) is 5.33. The molecule has 0 radical (unpaired) electrons. The second-order valence-electron chi connectivity index (χ2n) is 1.43. The first kappa shape index (κ1) is 9.61. The summed E-state index contributed by atoms with van der Waals surface area (Å²) < 4.78 is 0. The minimum Gasteiger partial charge on any atom is -0.358 e. The lowest BCUT2D eigenvalue weighted by molar-refractivity contribution is 0.948. The van der Waals surface area contributed by atoms with Crippen LogP contribution in [0.15, 0.2) is 11.0 Å². The Bertz CT molecular complexity index is 244. The van der Waals surface area contributed by atoms with Crippen molar-refractivity contribution in [2.45, 2.75) is 13.8 Å². The maximum atomic E-state index is 10.5. The van der Waals surface area contributed by atoms with E-state index in [4.69, 9.17) is 0 Å². The Morgan fingerprint density at radius 2 is 2.18 bits per heavy atom. The summed E-state index contributed by atoms with van der Waals surface area (Å²) in [5, 5.41) is 9.58. The lowest BCUT2D eigenvalue weighted by Gasteiger charge is -1.91. The molecule has 0 saturated heterocycles. The third-order valence-corrected chi connectivity index (χ3v) is 0.811. The summed E-state index contributed by atoms with van der Waals surface area (Å²) in [5.41, 5.74) is -0.255. The van der Waals surface area contributed by atoms with Crippen LogP contribution in [0.4, 0.5) is 5.95 Å². The van der Waals surface area contributed by atoms with Gasteiger partial charge in [0.05, 0.1) is 0 Å². The van der Waals surface area contributed by atoms with Crippen LogP contribution in [0, 0.1) is 0 Å². The van der Waals surface area contributed by atoms with E-state index >= 15 is 0 Å². The van der Waals surface area contributed by atoms with Crippen LogP contribution in [0.5, 0.6) is 0 Å². The number of nitrogens with zero attached hydrogens (tertiary/aromatic N) is 2. The minimum absolute atomic E-state index is 0.255. The van der Waals surface area contributed by atoms with Gasteiger partial charge in [-0.2, -0.15) is 0 Å². The van der Waals surface area contributed by atoms with E-state index in [0.717, 1.165) is 6.20 Å². The fraction of sp³-hybridized carbons (Fsp3) is 0.500. The van der Waals surface area contributed by atoms with Crippen LogP contribution >= 0.6 is 0 Å². The average molecular weight is 156 g/mol. The maximum absolute atomic E-state index is 10.5. The second-order valence-corrected chi connectivity index (χ2v) is 1.43. The van der Waals surface area contributed by atoms with Gasteiger partial charge in [-0.15, -0.1) is 10.2 Å². The molecule has 11 heavy (non-hydrogen) atoms. The van der Waals surface area contributed by atoms with Crippen molar-refractivity contribution >= 4 is 5.95 Å². The third-order valence-electron chi connectivity index (χ3n) is 0.811. The van der Waals surface area contributed by atoms with Gasteiger partial charge in [0.25, 0.3) is 5.56 Å². The zero-order chi connectivity index (χ0) is 8.69. The van der Waals surface area contributed by atoms with E-state index in [1.165, 1.54) is 0 Å². The summed E-state index contributed by atoms with van der Waals surface area (Å²) in [7, 11) is 1.65. The highest BCUT2D eigenvalue weighted by molar-refractivity contribution is 5.17. The predicted molar refractivity (Wildman–Crippen MR) is 43.5 cm³/mol. The zero-order valence-corrected chi connectivity index (χ0v) is 6.88. The van der Waals surface area contributed by atoms with Gasteiger partial charge in [-0.3, -0.25) is 9.78 Å². The first-order valence-corrected chi connectivity index (χ1v) is 3.42. The van der Waals surface area contributed by atoms with Crippen LogP contribution in [0.1, 0.15) is 13.8 Å². The standard InChI is InChI=1S/C4H6N4O.C2H6/c1-5-4-7-3(9)2-6-8-4;1-2/h2H,1H3,(H2,5,7,8,9);1-2H3. The van der Waals surface area contributed by atoms with E-state index in [1.807, 2.05) is 13.8 Å². The quantitative estimate of drug-likeness (QED) is 0.610. The lowest BCUT2D eigenvalue weighted by Crippen LogP contribution is -2.10. The Balaban J connectivity index is 0.000000461. The van der Waals surface area contributed by atoms with Gasteiger partial charge in [0.2, 0.25) is 5.95 Å². The molecule has 0 unspecified atom stereocenters. The summed E-state index contributed by atoms with van der Waals surface area (Å²) in [5.74, 6) is 0.377. The highest BCUT2D eigenvalue weighted by Crippen LogP contribution is 1.81. The molecular weight excluding hydrogens is 144 g/mol. The summed E-state index contributed by atoms with van der Waals surface area (Å²) in [6.07, 6.45) is 1.11. The van der Waals surface area contributed by atoms with Crippen LogP contribution in [0.2, 0.25) is 0 Å². The Morgan fingerprint density at radius 1 is 1.55 bits per heavy atom. The van der Waals surface area contributed by atoms with E-state index in [9.17, 15) is 4.79 Å². The normalized spacial score (nSPS) is 7.91. The molecule has 0 atom stereocenters. The number of aromatic amines is 1. The number of nitrogens with one attached hydrogen (secondary N) is 2. The number of rotatable bonds is 1. The Morgan fingerprint density at radius 3 is 2.55 bits per heavy atom. The van der Waals surface area contributed by atoms with E-state index in [0.29, 0.717) is 5.95 Å². The number of anilines is 1. The molecule has 0 aliphatic carbocycles. The molecule has 1 heterocycles. The topological polar surface area (TPSA) is 70.7 Å². The lowest BCUT2D eigenvalue weighted by atomic mass is 10.8. The summed E-state index contributed by atoms with van der Waals surface area (Å²) in [6.45, 7) is 4.00. The fourth-order valence-electron chi connectivity index (χ4n) is 0.426. The molecule has 1 aromatic rings. The van der Waals surface area contributed by atoms with Gasteiger partial charge < -0.3 is 5.32 Å². The molecule has 0 fully saturated rings. The van der Waals surface area contributed by atoms with Crippen molar-refractivity contribution in [2.75, 3.05) is 12.4 Å². The molecule has 0 aliphatic rings. The van der Waals surface area contributed by atoms with Gasteiger partial charge in [-0.05, 0) is 0 Å². The van der Waals surface area contributed by atoms with Gasteiger partial charge in [0, 0.05) is 7.05 Å². The van der Waals surface area contributed by atoms with Crippen LogP contribution in [0.3, 0.4) is 0 Å². The summed E-state index contributed by atoms with van der Waals surface area (Å²) in [6, 6.07) is 0. The average Bonchev–Trinajstić information content (AvgIpc) is 2.08. The van der Waals surface area contributed by atoms with Crippen molar-refractivity contribution in [1.29, 1.82) is 0 Å². The molecule has 5 heteroatoms. The molecule has 0 aromatic carbocycles. The van der Waals surface area contributed by atoms with Crippen LogP contribution in [-0.2, 0) is 0 Å². The van der Waals surface area contributed by atoms with Gasteiger partial charge in [0.1, 0.15) is 6.20 Å². The Labute approximate surface area is 64.9 Å². The number of H-pyrrole nitrogens is 1. The Kier molecular flexibility index (Phi) is 4.72. The van der Waals surface area contributed by atoms with E-state index in [2.05, 4.69) is 20.5 Å². The smallest absolute Gasteiger partial charge is 0.271 e. The molecule has 0 aliphatic heterocycles. The molecule has 1 aromatic heterocycles.